The van der Waals surface area contributed by atoms with E-state index >= 15 is 0 Å². The summed E-state index contributed by atoms with van der Waals surface area (Å²) in [5.41, 5.74) is 0.259. The van der Waals surface area contributed by atoms with E-state index in [1.54, 1.807) is 14.0 Å². The van der Waals surface area contributed by atoms with Crippen LogP contribution in [0.4, 0.5) is 5.82 Å². The number of carbonyl (C=O) groups is 2. The Labute approximate surface area is 170 Å². The van der Waals surface area contributed by atoms with Gasteiger partial charge in [0.1, 0.15) is 22.9 Å². The Balaban J connectivity index is 1.39. The highest BCUT2D eigenvalue weighted by Crippen LogP contribution is 2.47. The van der Waals surface area contributed by atoms with Crippen LogP contribution in [0.2, 0.25) is 0 Å². The van der Waals surface area contributed by atoms with Crippen molar-refractivity contribution in [3.05, 3.63) is 35.4 Å². The zero-order valence-corrected chi connectivity index (χ0v) is 17.2. The first-order valence-corrected chi connectivity index (χ1v) is 10.3. The molecule has 2 aromatic rings. The van der Waals surface area contributed by atoms with Gasteiger partial charge in [0.05, 0.1) is 25.9 Å². The van der Waals surface area contributed by atoms with Crippen molar-refractivity contribution in [1.29, 1.82) is 0 Å². The van der Waals surface area contributed by atoms with Gasteiger partial charge in [-0.05, 0) is 44.2 Å². The van der Waals surface area contributed by atoms with Gasteiger partial charge in [0.15, 0.2) is 0 Å². The molecule has 1 N–H and O–H groups in total. The summed E-state index contributed by atoms with van der Waals surface area (Å²) in [6.45, 7) is 5.07. The molecule has 29 heavy (non-hydrogen) atoms. The fraction of sp³-hybridized carbons (Fsp3) is 0.571. The Morgan fingerprint density at radius 1 is 1.38 bits per heavy atom. The van der Waals surface area contributed by atoms with E-state index < -0.39 is 5.97 Å². The zero-order valence-electron chi connectivity index (χ0n) is 17.2. The van der Waals surface area contributed by atoms with Crippen LogP contribution in [0.15, 0.2) is 22.7 Å². The minimum absolute atomic E-state index is 0.186. The highest BCUT2D eigenvalue weighted by atomic mass is 16.5. The molecule has 156 valence electrons. The number of nitrogens with one attached hydrogen (secondary N) is 1. The van der Waals surface area contributed by atoms with E-state index in [1.165, 1.54) is 17.3 Å². The average Bonchev–Trinajstić information content (AvgIpc) is 3.58. The number of nitrogens with zero attached hydrogens (tertiary/aromatic N) is 3. The topological polar surface area (TPSA) is 89.6 Å². The fourth-order valence-corrected chi connectivity index (χ4v) is 3.65. The Morgan fingerprint density at radius 2 is 2.14 bits per heavy atom. The van der Waals surface area contributed by atoms with E-state index in [1.807, 2.05) is 6.07 Å². The Hall–Kier alpha value is -2.61. The standard InChI is InChI=1S/C21H28N4O4/c1-4-28-21(27)17-10-22-24(3)20(17)23-19(26)12-25(14-5-6-14)11-15-7-8-18(29-15)16-9-13(16)2/h7-8,10,13-14,16H,4-6,9,11-12H2,1-3H3,(H,23,26). The first-order valence-electron chi connectivity index (χ1n) is 10.3. The lowest BCUT2D eigenvalue weighted by Gasteiger charge is -2.20. The Morgan fingerprint density at radius 3 is 2.79 bits per heavy atom. The molecule has 2 heterocycles. The van der Waals surface area contributed by atoms with Crippen molar-refractivity contribution in [1.82, 2.24) is 14.7 Å². The molecule has 2 aromatic heterocycles. The second kappa shape index (κ2) is 8.02. The van der Waals surface area contributed by atoms with Gasteiger partial charge in [0, 0.05) is 19.0 Å². The summed E-state index contributed by atoms with van der Waals surface area (Å²) in [6, 6.07) is 4.48. The summed E-state index contributed by atoms with van der Waals surface area (Å²) < 4.78 is 12.5. The lowest BCUT2D eigenvalue weighted by molar-refractivity contribution is -0.117. The summed E-state index contributed by atoms with van der Waals surface area (Å²) >= 11 is 0. The molecule has 0 radical (unpaired) electrons. The van der Waals surface area contributed by atoms with Gasteiger partial charge >= 0.3 is 5.97 Å². The van der Waals surface area contributed by atoms with Gasteiger partial charge < -0.3 is 14.5 Å². The monoisotopic (exact) mass is 400 g/mol. The molecule has 4 rings (SSSR count). The van der Waals surface area contributed by atoms with Crippen molar-refractivity contribution in [3.63, 3.8) is 0 Å². The van der Waals surface area contributed by atoms with Crippen molar-refractivity contribution in [2.75, 3.05) is 18.5 Å². The van der Waals surface area contributed by atoms with Crippen LogP contribution in [0.25, 0.3) is 0 Å². The van der Waals surface area contributed by atoms with Crippen LogP contribution in [0.1, 0.15) is 60.9 Å². The summed E-state index contributed by atoms with van der Waals surface area (Å²) in [6.07, 6.45) is 4.77. The van der Waals surface area contributed by atoms with Gasteiger partial charge in [-0.2, -0.15) is 5.10 Å². The number of ether oxygens (including phenoxy) is 1. The van der Waals surface area contributed by atoms with E-state index in [9.17, 15) is 9.59 Å². The predicted molar refractivity (Wildman–Crippen MR) is 106 cm³/mol. The van der Waals surface area contributed by atoms with Gasteiger partial charge in [-0.1, -0.05) is 6.92 Å². The van der Waals surface area contributed by atoms with Crippen LogP contribution in [0.5, 0.6) is 0 Å². The summed E-state index contributed by atoms with van der Waals surface area (Å²) in [5, 5.41) is 6.90. The summed E-state index contributed by atoms with van der Waals surface area (Å²) in [4.78, 5) is 26.9. The molecule has 0 bridgehead atoms. The highest BCUT2D eigenvalue weighted by molar-refractivity contribution is 6.00. The van der Waals surface area contributed by atoms with Crippen molar-refractivity contribution in [3.8, 4) is 0 Å². The van der Waals surface area contributed by atoms with E-state index in [0.717, 1.165) is 24.4 Å². The van der Waals surface area contributed by atoms with Gasteiger partial charge in [0.2, 0.25) is 5.91 Å². The number of carbonyl (C=O) groups excluding carboxylic acids is 2. The summed E-state index contributed by atoms with van der Waals surface area (Å²) in [5.74, 6) is 2.88. The molecule has 8 heteroatoms. The van der Waals surface area contributed by atoms with Crippen molar-refractivity contribution < 1.29 is 18.7 Å². The Kier molecular flexibility index (Phi) is 5.45. The third kappa shape index (κ3) is 4.53. The maximum Gasteiger partial charge on any atom is 0.343 e. The second-order valence-electron chi connectivity index (χ2n) is 8.06. The number of furan rings is 1. The third-order valence-corrected chi connectivity index (χ3v) is 5.62. The molecule has 1 amide bonds. The SMILES string of the molecule is CCOC(=O)c1cnn(C)c1NC(=O)CN(Cc1ccc(C2CC2C)o1)C1CC1. The second-order valence-corrected chi connectivity index (χ2v) is 8.06. The predicted octanol–water partition coefficient (Wildman–Crippen LogP) is 2.92. The number of aromatic nitrogens is 2. The first kappa shape index (κ1) is 19.7. The molecule has 2 saturated carbocycles. The van der Waals surface area contributed by atoms with Crippen LogP contribution in [0, 0.1) is 5.92 Å². The van der Waals surface area contributed by atoms with Gasteiger partial charge in [-0.25, -0.2) is 4.79 Å². The number of aryl methyl sites for hydroxylation is 1. The third-order valence-electron chi connectivity index (χ3n) is 5.62. The van der Waals surface area contributed by atoms with Crippen LogP contribution in [-0.2, 0) is 23.1 Å². The molecule has 8 nitrogen and oxygen atoms in total. The number of esters is 1. The molecule has 2 aliphatic carbocycles. The van der Waals surface area contributed by atoms with Crippen LogP contribution >= 0.6 is 0 Å². The quantitative estimate of drug-likeness (QED) is 0.651. The fourth-order valence-electron chi connectivity index (χ4n) is 3.65. The molecule has 2 fully saturated rings. The first-order chi connectivity index (χ1) is 14.0. The minimum atomic E-state index is -0.493. The van der Waals surface area contributed by atoms with Crippen LogP contribution < -0.4 is 5.32 Å². The van der Waals surface area contributed by atoms with Crippen molar-refractivity contribution in [2.45, 2.75) is 51.6 Å². The molecule has 0 saturated heterocycles. The van der Waals surface area contributed by atoms with Gasteiger partial charge in [0.25, 0.3) is 0 Å². The van der Waals surface area contributed by atoms with Gasteiger partial charge in [-0.15, -0.1) is 0 Å². The van der Waals surface area contributed by atoms with Crippen LogP contribution in [-0.4, -0.2) is 45.8 Å². The highest BCUT2D eigenvalue weighted by Gasteiger charge is 2.37. The lowest BCUT2D eigenvalue weighted by atomic mass is 10.3. The molecule has 2 atom stereocenters. The minimum Gasteiger partial charge on any atom is -0.464 e. The number of hydrogen-bond acceptors (Lipinski definition) is 6. The Bertz CT molecular complexity index is 898. The number of amides is 1. The molecule has 0 aromatic carbocycles. The van der Waals surface area contributed by atoms with E-state index in [4.69, 9.17) is 9.15 Å². The maximum atomic E-state index is 12.7. The molecule has 0 spiro atoms. The van der Waals surface area contributed by atoms with Gasteiger partial charge in [-0.3, -0.25) is 14.4 Å². The average molecular weight is 400 g/mol. The van der Waals surface area contributed by atoms with Crippen molar-refractivity contribution >= 4 is 17.7 Å². The van der Waals surface area contributed by atoms with E-state index in [2.05, 4.69) is 28.3 Å². The molecule has 2 unspecified atom stereocenters. The van der Waals surface area contributed by atoms with E-state index in [-0.39, 0.29) is 24.6 Å². The molecular formula is C21H28N4O4. The smallest absolute Gasteiger partial charge is 0.343 e. The molecule has 0 aliphatic heterocycles. The molecule has 2 aliphatic rings. The largest absolute Gasteiger partial charge is 0.464 e. The summed E-state index contributed by atoms with van der Waals surface area (Å²) in [7, 11) is 1.68. The van der Waals surface area contributed by atoms with Crippen LogP contribution in [0.3, 0.4) is 0 Å². The lowest BCUT2D eigenvalue weighted by Crippen LogP contribution is -2.35. The molecular weight excluding hydrogens is 372 g/mol. The maximum absolute atomic E-state index is 12.7. The number of anilines is 1. The van der Waals surface area contributed by atoms with Crippen molar-refractivity contribution in [2.24, 2.45) is 13.0 Å². The number of rotatable bonds is 9. The zero-order chi connectivity index (χ0) is 20.5. The number of hydrogen-bond donors (Lipinski definition) is 1. The van der Waals surface area contributed by atoms with E-state index in [0.29, 0.717) is 30.2 Å². The normalized spacial score (nSPS) is 20.7.